The van der Waals surface area contributed by atoms with Crippen LogP contribution >= 0.6 is 0 Å². The number of imidazole rings is 1. The standard InChI is InChI=1S/C17H17N3/c1-12-11-20(16-8-9-16)17(18-12)19-15-7-6-13-4-2-3-5-14(13)10-15/h2-7,10-11,16H,8-9H2,1H3,(H,18,19). The van der Waals surface area contributed by atoms with E-state index in [0.29, 0.717) is 6.04 Å². The van der Waals surface area contributed by atoms with Gasteiger partial charge in [-0.2, -0.15) is 0 Å². The number of nitrogens with one attached hydrogen (secondary N) is 1. The average molecular weight is 263 g/mol. The Bertz CT molecular complexity index is 769. The van der Waals surface area contributed by atoms with Crippen LogP contribution in [0.5, 0.6) is 0 Å². The van der Waals surface area contributed by atoms with Crippen LogP contribution in [0.3, 0.4) is 0 Å². The Hall–Kier alpha value is -2.29. The number of aromatic nitrogens is 2. The minimum absolute atomic E-state index is 0.638. The third kappa shape index (κ3) is 2.05. The van der Waals surface area contributed by atoms with Gasteiger partial charge in [-0.1, -0.05) is 30.3 Å². The molecule has 100 valence electrons. The molecule has 1 aromatic heterocycles. The Morgan fingerprint density at radius 2 is 1.90 bits per heavy atom. The van der Waals surface area contributed by atoms with Gasteiger partial charge in [0.25, 0.3) is 0 Å². The summed E-state index contributed by atoms with van der Waals surface area (Å²) in [5.41, 5.74) is 2.16. The molecule has 1 saturated carbocycles. The van der Waals surface area contributed by atoms with E-state index in [1.807, 2.05) is 6.92 Å². The second-order valence-corrected chi connectivity index (χ2v) is 5.53. The van der Waals surface area contributed by atoms with Crippen LogP contribution in [-0.4, -0.2) is 9.55 Å². The first-order chi connectivity index (χ1) is 9.79. The topological polar surface area (TPSA) is 29.9 Å². The van der Waals surface area contributed by atoms with Gasteiger partial charge in [0.1, 0.15) is 0 Å². The van der Waals surface area contributed by atoms with E-state index in [1.165, 1.54) is 23.6 Å². The summed E-state index contributed by atoms with van der Waals surface area (Å²) in [4.78, 5) is 4.60. The smallest absolute Gasteiger partial charge is 0.207 e. The molecule has 4 rings (SSSR count). The number of fused-ring (bicyclic) bond motifs is 1. The third-order valence-corrected chi connectivity index (χ3v) is 3.80. The predicted octanol–water partition coefficient (Wildman–Crippen LogP) is 4.42. The van der Waals surface area contributed by atoms with E-state index in [-0.39, 0.29) is 0 Å². The lowest BCUT2D eigenvalue weighted by Gasteiger charge is -2.09. The molecule has 0 aliphatic heterocycles. The third-order valence-electron chi connectivity index (χ3n) is 3.80. The number of nitrogens with zero attached hydrogens (tertiary/aromatic N) is 2. The van der Waals surface area contributed by atoms with E-state index in [4.69, 9.17) is 0 Å². The van der Waals surface area contributed by atoms with Gasteiger partial charge in [0, 0.05) is 17.9 Å². The maximum Gasteiger partial charge on any atom is 0.207 e. The van der Waals surface area contributed by atoms with Gasteiger partial charge in [-0.3, -0.25) is 0 Å². The molecule has 1 aliphatic carbocycles. The van der Waals surface area contributed by atoms with Gasteiger partial charge >= 0.3 is 0 Å². The van der Waals surface area contributed by atoms with Crippen molar-refractivity contribution in [1.29, 1.82) is 0 Å². The van der Waals surface area contributed by atoms with Gasteiger partial charge in [-0.05, 0) is 42.7 Å². The summed E-state index contributed by atoms with van der Waals surface area (Å²) in [6.07, 6.45) is 4.67. The van der Waals surface area contributed by atoms with Gasteiger partial charge in [-0.15, -0.1) is 0 Å². The Morgan fingerprint density at radius 1 is 1.10 bits per heavy atom. The number of rotatable bonds is 3. The quantitative estimate of drug-likeness (QED) is 0.758. The van der Waals surface area contributed by atoms with Gasteiger partial charge in [-0.25, -0.2) is 4.98 Å². The second kappa shape index (κ2) is 4.37. The lowest BCUT2D eigenvalue weighted by Crippen LogP contribution is -2.01. The maximum atomic E-state index is 4.60. The van der Waals surface area contributed by atoms with Crippen LogP contribution < -0.4 is 5.32 Å². The summed E-state index contributed by atoms with van der Waals surface area (Å²) in [7, 11) is 0. The molecule has 0 atom stereocenters. The van der Waals surface area contributed by atoms with E-state index in [0.717, 1.165) is 17.3 Å². The SMILES string of the molecule is Cc1cn(C2CC2)c(Nc2ccc3ccccc3c2)n1. The molecule has 3 nitrogen and oxygen atoms in total. The van der Waals surface area contributed by atoms with Gasteiger partial charge in [0.2, 0.25) is 5.95 Å². The highest BCUT2D eigenvalue weighted by Gasteiger charge is 2.26. The summed E-state index contributed by atoms with van der Waals surface area (Å²) < 4.78 is 2.27. The first-order valence-electron chi connectivity index (χ1n) is 7.11. The molecule has 2 aromatic carbocycles. The van der Waals surface area contributed by atoms with Crippen LogP contribution in [0.1, 0.15) is 24.6 Å². The zero-order valence-corrected chi connectivity index (χ0v) is 11.5. The van der Waals surface area contributed by atoms with Crippen molar-refractivity contribution in [2.75, 3.05) is 5.32 Å². The maximum absolute atomic E-state index is 4.60. The van der Waals surface area contributed by atoms with E-state index >= 15 is 0 Å². The molecule has 3 aromatic rings. The fourth-order valence-corrected chi connectivity index (χ4v) is 2.64. The highest BCUT2D eigenvalue weighted by molar-refractivity contribution is 5.86. The lowest BCUT2D eigenvalue weighted by atomic mass is 10.1. The Morgan fingerprint density at radius 3 is 2.70 bits per heavy atom. The van der Waals surface area contributed by atoms with Crippen LogP contribution in [0.4, 0.5) is 11.6 Å². The van der Waals surface area contributed by atoms with Gasteiger partial charge in [0.15, 0.2) is 0 Å². The second-order valence-electron chi connectivity index (χ2n) is 5.53. The van der Waals surface area contributed by atoms with Gasteiger partial charge in [0.05, 0.1) is 5.69 Å². The normalized spacial score (nSPS) is 14.7. The summed E-state index contributed by atoms with van der Waals surface area (Å²) in [5.74, 6) is 0.959. The zero-order valence-electron chi connectivity index (χ0n) is 11.5. The minimum atomic E-state index is 0.638. The molecule has 3 heteroatoms. The first kappa shape index (κ1) is 11.5. The van der Waals surface area contributed by atoms with Crippen LogP contribution in [0.25, 0.3) is 10.8 Å². The lowest BCUT2D eigenvalue weighted by molar-refractivity contribution is 0.750. The molecular weight excluding hydrogens is 246 g/mol. The molecular formula is C17H17N3. The summed E-state index contributed by atoms with van der Waals surface area (Å²) in [6.45, 7) is 2.05. The molecule has 0 saturated heterocycles. The van der Waals surface area contributed by atoms with E-state index in [2.05, 4.69) is 63.5 Å². The predicted molar refractivity (Wildman–Crippen MR) is 82.5 cm³/mol. The fourth-order valence-electron chi connectivity index (χ4n) is 2.64. The van der Waals surface area contributed by atoms with Crippen molar-refractivity contribution in [3.63, 3.8) is 0 Å². The van der Waals surface area contributed by atoms with Crippen LogP contribution in [0.2, 0.25) is 0 Å². The molecule has 1 heterocycles. The van der Waals surface area contributed by atoms with E-state index in [9.17, 15) is 0 Å². The number of anilines is 2. The zero-order chi connectivity index (χ0) is 13.5. The molecule has 0 radical (unpaired) electrons. The average Bonchev–Trinajstić information content (AvgIpc) is 3.23. The fraction of sp³-hybridized carbons (Fsp3) is 0.235. The summed E-state index contributed by atoms with van der Waals surface area (Å²) >= 11 is 0. The molecule has 1 N–H and O–H groups in total. The van der Waals surface area contributed by atoms with Crippen molar-refractivity contribution in [2.24, 2.45) is 0 Å². The molecule has 1 aliphatic rings. The Labute approximate surface area is 118 Å². The van der Waals surface area contributed by atoms with Crippen LogP contribution in [0, 0.1) is 6.92 Å². The molecule has 1 fully saturated rings. The summed E-state index contributed by atoms with van der Waals surface area (Å²) in [6, 6.07) is 15.5. The van der Waals surface area contributed by atoms with Crippen molar-refractivity contribution >= 4 is 22.4 Å². The summed E-state index contributed by atoms with van der Waals surface area (Å²) in [5, 5.41) is 5.97. The number of aryl methyl sites for hydroxylation is 1. The highest BCUT2D eigenvalue weighted by Crippen LogP contribution is 2.38. The first-order valence-corrected chi connectivity index (χ1v) is 7.11. The van der Waals surface area contributed by atoms with Crippen LogP contribution in [0.15, 0.2) is 48.7 Å². The van der Waals surface area contributed by atoms with Crippen molar-refractivity contribution < 1.29 is 0 Å². The largest absolute Gasteiger partial charge is 0.326 e. The molecule has 0 amide bonds. The molecule has 20 heavy (non-hydrogen) atoms. The van der Waals surface area contributed by atoms with Crippen molar-refractivity contribution in [3.8, 4) is 0 Å². The van der Waals surface area contributed by atoms with Gasteiger partial charge < -0.3 is 9.88 Å². The highest BCUT2D eigenvalue weighted by atomic mass is 15.2. The number of hydrogen-bond donors (Lipinski definition) is 1. The number of benzene rings is 2. The van der Waals surface area contributed by atoms with Crippen LogP contribution in [-0.2, 0) is 0 Å². The minimum Gasteiger partial charge on any atom is -0.326 e. The van der Waals surface area contributed by atoms with Crippen molar-refractivity contribution in [1.82, 2.24) is 9.55 Å². The molecule has 0 bridgehead atoms. The van der Waals surface area contributed by atoms with Crippen molar-refractivity contribution in [2.45, 2.75) is 25.8 Å². The molecule has 0 spiro atoms. The Kier molecular flexibility index (Phi) is 2.52. The number of hydrogen-bond acceptors (Lipinski definition) is 2. The monoisotopic (exact) mass is 263 g/mol. The molecule has 0 unspecified atom stereocenters. The van der Waals surface area contributed by atoms with E-state index < -0.39 is 0 Å². The van der Waals surface area contributed by atoms with Crippen molar-refractivity contribution in [3.05, 3.63) is 54.4 Å². The van der Waals surface area contributed by atoms with E-state index in [1.54, 1.807) is 0 Å². The Balaban J connectivity index is 1.70.